The van der Waals surface area contributed by atoms with Crippen molar-refractivity contribution in [2.75, 3.05) is 0 Å². The van der Waals surface area contributed by atoms with Crippen molar-refractivity contribution < 1.29 is 0 Å². The molecule has 0 radical (unpaired) electrons. The fourth-order valence-corrected chi connectivity index (χ4v) is 3.77. The molecule has 0 saturated heterocycles. The summed E-state index contributed by atoms with van der Waals surface area (Å²) in [5.74, 6) is 0.722. The molecule has 0 N–H and O–H groups in total. The molecule has 0 bridgehead atoms. The second-order valence-electron chi connectivity index (χ2n) is 6.48. The summed E-state index contributed by atoms with van der Waals surface area (Å²) in [6.45, 7) is 4.38. The van der Waals surface area contributed by atoms with Crippen LogP contribution in [-0.2, 0) is 19.3 Å². The van der Waals surface area contributed by atoms with Gasteiger partial charge in [-0.1, -0.05) is 59.2 Å². The number of benzene rings is 2. The van der Waals surface area contributed by atoms with Gasteiger partial charge in [0.25, 0.3) is 0 Å². The zero-order valence-electron chi connectivity index (χ0n) is 12.2. The smallest absolute Gasteiger partial charge is 0.00547 e. The number of hydrogen-bond donors (Lipinski definition) is 0. The summed E-state index contributed by atoms with van der Waals surface area (Å²) < 4.78 is 0. The van der Waals surface area contributed by atoms with Crippen LogP contribution in [-0.4, -0.2) is 0 Å². The maximum absolute atomic E-state index is 2.44. The average Bonchev–Trinajstić information content (AvgIpc) is 3.00. The highest BCUT2D eigenvalue weighted by Gasteiger charge is 2.27. The zero-order chi connectivity index (χ0) is 13.7. The molecule has 0 saturated carbocycles. The monoisotopic (exact) mass is 260 g/mol. The van der Waals surface area contributed by atoms with Crippen LogP contribution in [0.1, 0.15) is 33.4 Å². The molecule has 1 unspecified atom stereocenters. The van der Waals surface area contributed by atoms with E-state index in [0.717, 1.165) is 12.3 Å². The van der Waals surface area contributed by atoms with Gasteiger partial charge in [0.2, 0.25) is 0 Å². The van der Waals surface area contributed by atoms with Gasteiger partial charge < -0.3 is 0 Å². The molecule has 2 aliphatic rings. The van der Waals surface area contributed by atoms with E-state index in [4.69, 9.17) is 0 Å². The number of fused-ring (bicyclic) bond motifs is 2. The minimum Gasteiger partial charge on any atom is -0.0614 e. The standard InChI is InChI=1S/C20H20/c1-13-3-5-15-9-19(11-17(15)7-13)20-10-16-6-4-14(2)8-18(16)12-20/h3-9,20H,10-12H2,1-2H3. The van der Waals surface area contributed by atoms with Gasteiger partial charge in [-0.05, 0) is 61.3 Å². The largest absolute Gasteiger partial charge is 0.0614 e. The number of allylic oxidation sites excluding steroid dienone is 1. The Bertz CT molecular complexity index is 719. The lowest BCUT2D eigenvalue weighted by Crippen LogP contribution is -2.03. The van der Waals surface area contributed by atoms with Crippen LogP contribution in [0.4, 0.5) is 0 Å². The highest BCUT2D eigenvalue weighted by molar-refractivity contribution is 5.65. The Hall–Kier alpha value is -1.82. The Labute approximate surface area is 121 Å². The molecule has 0 spiro atoms. The molecule has 2 aliphatic carbocycles. The lowest BCUT2D eigenvalue weighted by molar-refractivity contribution is 0.650. The van der Waals surface area contributed by atoms with E-state index in [0.29, 0.717) is 0 Å². The normalized spacial score (nSPS) is 19.7. The van der Waals surface area contributed by atoms with Gasteiger partial charge in [-0.15, -0.1) is 0 Å². The summed E-state index contributed by atoms with van der Waals surface area (Å²) in [4.78, 5) is 0. The molecule has 0 amide bonds. The highest BCUT2D eigenvalue weighted by Crippen LogP contribution is 2.38. The van der Waals surface area contributed by atoms with Crippen molar-refractivity contribution in [1.29, 1.82) is 0 Å². The van der Waals surface area contributed by atoms with Gasteiger partial charge in [0.05, 0.1) is 0 Å². The summed E-state index contributed by atoms with van der Waals surface area (Å²) in [6, 6.07) is 13.8. The van der Waals surface area contributed by atoms with Crippen molar-refractivity contribution in [1.82, 2.24) is 0 Å². The summed E-state index contributed by atoms with van der Waals surface area (Å²) in [7, 11) is 0. The number of hydrogen-bond acceptors (Lipinski definition) is 0. The fraction of sp³-hybridized carbons (Fsp3) is 0.300. The Morgan fingerprint density at radius 3 is 2.35 bits per heavy atom. The van der Waals surface area contributed by atoms with Gasteiger partial charge in [-0.25, -0.2) is 0 Å². The second kappa shape index (κ2) is 4.34. The van der Waals surface area contributed by atoms with E-state index in [1.165, 1.54) is 35.1 Å². The van der Waals surface area contributed by atoms with Crippen LogP contribution in [0.5, 0.6) is 0 Å². The van der Waals surface area contributed by atoms with Gasteiger partial charge >= 0.3 is 0 Å². The predicted molar refractivity (Wildman–Crippen MR) is 84.9 cm³/mol. The average molecular weight is 260 g/mol. The van der Waals surface area contributed by atoms with Crippen LogP contribution >= 0.6 is 0 Å². The lowest BCUT2D eigenvalue weighted by atomic mass is 9.94. The van der Waals surface area contributed by atoms with E-state index >= 15 is 0 Å². The van der Waals surface area contributed by atoms with Crippen molar-refractivity contribution in [3.63, 3.8) is 0 Å². The van der Waals surface area contributed by atoms with E-state index < -0.39 is 0 Å². The summed E-state index contributed by atoms with van der Waals surface area (Å²) in [5, 5.41) is 0. The highest BCUT2D eigenvalue weighted by atomic mass is 14.3. The number of rotatable bonds is 1. The van der Waals surface area contributed by atoms with E-state index in [2.05, 4.69) is 56.3 Å². The van der Waals surface area contributed by atoms with E-state index in [1.807, 2.05) is 0 Å². The van der Waals surface area contributed by atoms with Gasteiger partial charge in [0.15, 0.2) is 0 Å². The van der Waals surface area contributed by atoms with Crippen LogP contribution in [0.3, 0.4) is 0 Å². The van der Waals surface area contributed by atoms with Crippen molar-refractivity contribution >= 4 is 6.08 Å². The fourth-order valence-electron chi connectivity index (χ4n) is 3.77. The van der Waals surface area contributed by atoms with Crippen LogP contribution in [0.15, 0.2) is 42.0 Å². The van der Waals surface area contributed by atoms with Crippen molar-refractivity contribution in [3.05, 3.63) is 75.4 Å². The quantitative estimate of drug-likeness (QED) is 0.699. The summed E-state index contributed by atoms with van der Waals surface area (Å²) >= 11 is 0. The molecule has 0 aromatic heterocycles. The van der Waals surface area contributed by atoms with E-state index in [-0.39, 0.29) is 0 Å². The van der Waals surface area contributed by atoms with Gasteiger partial charge in [-0.3, -0.25) is 0 Å². The van der Waals surface area contributed by atoms with Gasteiger partial charge in [0.1, 0.15) is 0 Å². The minimum atomic E-state index is 0.722. The van der Waals surface area contributed by atoms with E-state index in [1.54, 1.807) is 16.7 Å². The molecule has 2 aromatic rings. The Morgan fingerprint density at radius 2 is 1.50 bits per heavy atom. The number of aryl methyl sites for hydroxylation is 2. The molecule has 1 atom stereocenters. The third-order valence-electron chi connectivity index (χ3n) is 4.85. The van der Waals surface area contributed by atoms with Crippen molar-refractivity contribution in [2.45, 2.75) is 33.1 Å². The first-order valence-corrected chi connectivity index (χ1v) is 7.57. The third kappa shape index (κ3) is 1.91. The first-order chi connectivity index (χ1) is 9.69. The molecule has 0 heterocycles. The molecule has 0 fully saturated rings. The molecule has 4 rings (SSSR count). The van der Waals surface area contributed by atoms with Gasteiger partial charge in [0, 0.05) is 0 Å². The molecular weight excluding hydrogens is 240 g/mol. The molecule has 0 nitrogen and oxygen atoms in total. The lowest BCUT2D eigenvalue weighted by Gasteiger charge is -2.10. The summed E-state index contributed by atoms with van der Waals surface area (Å²) in [6.07, 6.45) is 6.07. The Morgan fingerprint density at radius 1 is 0.800 bits per heavy atom. The van der Waals surface area contributed by atoms with Crippen LogP contribution in [0.25, 0.3) is 6.08 Å². The second-order valence-corrected chi connectivity index (χ2v) is 6.48. The molecule has 2 aromatic carbocycles. The maximum atomic E-state index is 2.44. The summed E-state index contributed by atoms with van der Waals surface area (Å²) in [5.41, 5.74) is 10.5. The minimum absolute atomic E-state index is 0.722. The van der Waals surface area contributed by atoms with E-state index in [9.17, 15) is 0 Å². The van der Waals surface area contributed by atoms with Gasteiger partial charge in [-0.2, -0.15) is 0 Å². The van der Waals surface area contributed by atoms with Crippen LogP contribution in [0, 0.1) is 19.8 Å². The molecule has 0 heteroatoms. The zero-order valence-corrected chi connectivity index (χ0v) is 12.2. The first-order valence-electron chi connectivity index (χ1n) is 7.57. The maximum Gasteiger partial charge on any atom is -0.00547 e. The Kier molecular flexibility index (Phi) is 2.60. The Balaban J connectivity index is 1.61. The molecule has 100 valence electrons. The molecule has 20 heavy (non-hydrogen) atoms. The predicted octanol–water partition coefficient (Wildman–Crippen LogP) is 4.66. The van der Waals surface area contributed by atoms with Crippen molar-refractivity contribution in [3.8, 4) is 0 Å². The SMILES string of the molecule is Cc1ccc2c(c1)CC(C1Cc3ccc(C)cc3C1)=C2. The molecular formula is C20H20. The van der Waals surface area contributed by atoms with Crippen molar-refractivity contribution in [2.24, 2.45) is 5.92 Å². The first kappa shape index (κ1) is 12.0. The topological polar surface area (TPSA) is 0 Å². The van der Waals surface area contributed by atoms with Crippen LogP contribution in [0.2, 0.25) is 0 Å². The molecule has 0 aliphatic heterocycles. The third-order valence-corrected chi connectivity index (χ3v) is 4.85. The van der Waals surface area contributed by atoms with Crippen LogP contribution < -0.4 is 0 Å².